The van der Waals surface area contributed by atoms with Crippen molar-refractivity contribution in [3.05, 3.63) is 23.3 Å². The van der Waals surface area contributed by atoms with Crippen LogP contribution in [0.5, 0.6) is 11.5 Å². The number of hydrogen-bond acceptors (Lipinski definition) is 5. The number of aryl methyl sites for hydroxylation is 1. The van der Waals surface area contributed by atoms with Gasteiger partial charge in [0.25, 0.3) is 0 Å². The van der Waals surface area contributed by atoms with Gasteiger partial charge in [0.1, 0.15) is 5.82 Å². The summed E-state index contributed by atoms with van der Waals surface area (Å²) in [6, 6.07) is 4.10. The molecule has 0 spiro atoms. The Balaban J connectivity index is 1.53. The lowest BCUT2D eigenvalue weighted by atomic mass is 10.0. The second kappa shape index (κ2) is 7.93. The van der Waals surface area contributed by atoms with E-state index in [1.807, 2.05) is 12.1 Å². The second-order valence-corrected chi connectivity index (χ2v) is 8.16. The summed E-state index contributed by atoms with van der Waals surface area (Å²) in [7, 11) is 0. The van der Waals surface area contributed by atoms with Crippen LogP contribution in [0, 0.1) is 0 Å². The van der Waals surface area contributed by atoms with E-state index in [0.717, 1.165) is 48.9 Å². The maximum absolute atomic E-state index is 10.5. The molecule has 0 atom stereocenters. The van der Waals surface area contributed by atoms with Gasteiger partial charge in [0, 0.05) is 24.0 Å². The highest BCUT2D eigenvalue weighted by Crippen LogP contribution is 2.38. The van der Waals surface area contributed by atoms with Crippen molar-refractivity contribution in [2.75, 3.05) is 31.6 Å². The molecule has 1 fully saturated rings. The van der Waals surface area contributed by atoms with Gasteiger partial charge in [0.15, 0.2) is 11.5 Å². The normalized spacial score (nSPS) is 17.0. The molecule has 1 saturated heterocycles. The average Bonchev–Trinajstić information content (AvgIpc) is 3.31. The minimum absolute atomic E-state index is 0.226. The van der Waals surface area contributed by atoms with Crippen LogP contribution in [-0.4, -0.2) is 47.3 Å². The summed E-state index contributed by atoms with van der Waals surface area (Å²) in [5.74, 6) is 1.77. The number of rotatable bonds is 7. The van der Waals surface area contributed by atoms with Gasteiger partial charge in [-0.1, -0.05) is 0 Å². The Labute approximate surface area is 161 Å². The third-order valence-corrected chi connectivity index (χ3v) is 5.64. The topological polar surface area (TPSA) is 57.6 Å². The predicted molar refractivity (Wildman–Crippen MR) is 110 cm³/mol. The van der Waals surface area contributed by atoms with Crippen molar-refractivity contribution in [3.8, 4) is 11.5 Å². The van der Waals surface area contributed by atoms with Crippen molar-refractivity contribution in [1.29, 1.82) is 0 Å². The Kier molecular flexibility index (Phi) is 5.39. The largest absolute Gasteiger partial charge is 0.504 e. The lowest BCUT2D eigenvalue weighted by Crippen LogP contribution is -2.21. The van der Waals surface area contributed by atoms with E-state index in [-0.39, 0.29) is 5.75 Å². The summed E-state index contributed by atoms with van der Waals surface area (Å²) in [5.41, 5.74) is 3.56. The van der Waals surface area contributed by atoms with Crippen molar-refractivity contribution in [1.82, 2.24) is 9.88 Å². The molecular weight excluding hydrogens is 338 g/mol. The zero-order chi connectivity index (χ0) is 18.8. The highest BCUT2D eigenvalue weighted by Gasteiger charge is 2.21. The minimum Gasteiger partial charge on any atom is -0.504 e. The molecule has 1 aromatic carbocycles. The molecule has 2 aromatic rings. The van der Waals surface area contributed by atoms with E-state index in [1.165, 1.54) is 37.1 Å². The van der Waals surface area contributed by atoms with Gasteiger partial charge in [-0.3, -0.25) is 0 Å². The van der Waals surface area contributed by atoms with Crippen LogP contribution in [0.25, 0.3) is 10.9 Å². The summed E-state index contributed by atoms with van der Waals surface area (Å²) in [5, 5.41) is 15.0. The molecule has 2 aliphatic rings. The zero-order valence-electron chi connectivity index (χ0n) is 16.6. The van der Waals surface area contributed by atoms with E-state index in [1.54, 1.807) is 0 Å². The molecule has 1 aliphatic carbocycles. The molecule has 0 amide bonds. The van der Waals surface area contributed by atoms with Crippen LogP contribution in [0.2, 0.25) is 0 Å². The van der Waals surface area contributed by atoms with Gasteiger partial charge in [0.05, 0.1) is 12.1 Å². The van der Waals surface area contributed by atoms with Crippen LogP contribution in [0.4, 0.5) is 5.82 Å². The molecule has 0 bridgehead atoms. The number of hydrogen-bond donors (Lipinski definition) is 2. The van der Waals surface area contributed by atoms with E-state index in [9.17, 15) is 5.11 Å². The monoisotopic (exact) mass is 369 g/mol. The first-order valence-electron chi connectivity index (χ1n) is 10.4. The third-order valence-electron chi connectivity index (χ3n) is 5.64. The quantitative estimate of drug-likeness (QED) is 0.719. The number of aromatic nitrogens is 1. The number of anilines is 1. The van der Waals surface area contributed by atoms with E-state index in [2.05, 4.69) is 24.1 Å². The number of nitrogens with one attached hydrogen (secondary N) is 1. The lowest BCUT2D eigenvalue weighted by Gasteiger charge is -2.17. The molecule has 2 N–H and O–H groups in total. The molecular formula is C22H31N3O2. The van der Waals surface area contributed by atoms with Gasteiger partial charge < -0.3 is 20.1 Å². The first-order valence-corrected chi connectivity index (χ1v) is 10.4. The van der Waals surface area contributed by atoms with E-state index in [0.29, 0.717) is 18.4 Å². The standard InChI is InChI=1S/C22H31N3O2/c1-15(2)23-22-17-8-5-7-16(17)18-13-20(26)21(14-19(18)24-22)27-12-6-11-25-9-3-4-10-25/h13-15,26H,3-12H2,1-2H3,(H,23,24). The highest BCUT2D eigenvalue weighted by atomic mass is 16.5. The maximum Gasteiger partial charge on any atom is 0.163 e. The van der Waals surface area contributed by atoms with Gasteiger partial charge in [-0.05, 0) is 82.7 Å². The maximum atomic E-state index is 10.5. The number of ether oxygens (including phenoxy) is 1. The first kappa shape index (κ1) is 18.4. The summed E-state index contributed by atoms with van der Waals surface area (Å²) >= 11 is 0. The average molecular weight is 370 g/mol. The number of nitrogens with zero attached hydrogens (tertiary/aromatic N) is 2. The summed E-state index contributed by atoms with van der Waals surface area (Å²) < 4.78 is 5.91. The molecule has 1 aliphatic heterocycles. The van der Waals surface area contributed by atoms with Crippen LogP contribution in [-0.2, 0) is 12.8 Å². The van der Waals surface area contributed by atoms with Gasteiger partial charge in [-0.2, -0.15) is 0 Å². The summed E-state index contributed by atoms with van der Waals surface area (Å²) in [6.45, 7) is 8.39. The number of fused-ring (bicyclic) bond motifs is 3. The van der Waals surface area contributed by atoms with E-state index in [4.69, 9.17) is 9.72 Å². The number of phenols is 1. The Hall–Kier alpha value is -2.01. The fourth-order valence-corrected chi connectivity index (χ4v) is 4.37. The number of likely N-dealkylation sites (tertiary alicyclic amines) is 1. The Morgan fingerprint density at radius 1 is 1.15 bits per heavy atom. The molecule has 2 heterocycles. The summed E-state index contributed by atoms with van der Waals surface area (Å²) in [6.07, 6.45) is 6.87. The minimum atomic E-state index is 0.226. The fraction of sp³-hybridized carbons (Fsp3) is 0.591. The number of phenolic OH excluding ortho intramolecular Hbond substituents is 1. The highest BCUT2D eigenvalue weighted by molar-refractivity contribution is 5.89. The van der Waals surface area contributed by atoms with Gasteiger partial charge >= 0.3 is 0 Å². The number of aromatic hydroxyl groups is 1. The smallest absolute Gasteiger partial charge is 0.163 e. The van der Waals surface area contributed by atoms with Crippen molar-refractivity contribution in [2.45, 2.75) is 58.4 Å². The van der Waals surface area contributed by atoms with E-state index < -0.39 is 0 Å². The molecule has 0 unspecified atom stereocenters. The Morgan fingerprint density at radius 2 is 1.93 bits per heavy atom. The second-order valence-electron chi connectivity index (χ2n) is 8.16. The SMILES string of the molecule is CC(C)Nc1nc2cc(OCCCN3CCCC3)c(O)cc2c2c1CCC2. The zero-order valence-corrected chi connectivity index (χ0v) is 16.6. The summed E-state index contributed by atoms with van der Waals surface area (Å²) in [4.78, 5) is 7.35. The lowest BCUT2D eigenvalue weighted by molar-refractivity contribution is 0.256. The molecule has 146 valence electrons. The number of pyridine rings is 1. The molecule has 5 nitrogen and oxygen atoms in total. The predicted octanol–water partition coefficient (Wildman–Crippen LogP) is 4.11. The van der Waals surface area contributed by atoms with Gasteiger partial charge in [-0.25, -0.2) is 4.98 Å². The van der Waals surface area contributed by atoms with Crippen LogP contribution >= 0.6 is 0 Å². The van der Waals surface area contributed by atoms with Crippen molar-refractivity contribution < 1.29 is 9.84 Å². The number of benzene rings is 1. The Morgan fingerprint density at radius 3 is 2.70 bits per heavy atom. The molecule has 27 heavy (non-hydrogen) atoms. The van der Waals surface area contributed by atoms with Crippen LogP contribution in [0.3, 0.4) is 0 Å². The first-order chi connectivity index (χ1) is 13.1. The molecule has 0 radical (unpaired) electrons. The fourth-order valence-electron chi connectivity index (χ4n) is 4.37. The Bertz CT molecular complexity index is 813. The molecule has 4 rings (SSSR count). The third kappa shape index (κ3) is 3.98. The van der Waals surface area contributed by atoms with Crippen LogP contribution in [0.1, 0.15) is 50.7 Å². The van der Waals surface area contributed by atoms with Gasteiger partial charge in [0.2, 0.25) is 0 Å². The van der Waals surface area contributed by atoms with Gasteiger partial charge in [-0.15, -0.1) is 0 Å². The van der Waals surface area contributed by atoms with E-state index >= 15 is 0 Å². The van der Waals surface area contributed by atoms with Crippen molar-refractivity contribution in [3.63, 3.8) is 0 Å². The molecule has 5 heteroatoms. The van der Waals surface area contributed by atoms with Crippen molar-refractivity contribution in [2.24, 2.45) is 0 Å². The van der Waals surface area contributed by atoms with Crippen LogP contribution in [0.15, 0.2) is 12.1 Å². The molecule has 0 saturated carbocycles. The van der Waals surface area contributed by atoms with Crippen molar-refractivity contribution >= 4 is 16.7 Å². The molecule has 1 aromatic heterocycles. The van der Waals surface area contributed by atoms with Crippen LogP contribution < -0.4 is 10.1 Å².